The van der Waals surface area contributed by atoms with Crippen molar-refractivity contribution in [3.63, 3.8) is 0 Å². The molecule has 1 saturated carbocycles. The summed E-state index contributed by atoms with van der Waals surface area (Å²) in [5.74, 6) is 0.715. The molecule has 0 aromatic rings. The van der Waals surface area contributed by atoms with E-state index < -0.39 is 0 Å². The van der Waals surface area contributed by atoms with Gasteiger partial charge in [0.15, 0.2) is 0 Å². The Morgan fingerprint density at radius 3 is 2.53 bits per heavy atom. The largest absolute Gasteiger partial charge is 0.387 e. The quantitative estimate of drug-likeness (QED) is 0.724. The number of nitrogens with one attached hydrogen (secondary N) is 1. The Morgan fingerprint density at radius 1 is 1.47 bits per heavy atom. The van der Waals surface area contributed by atoms with Crippen molar-refractivity contribution in [1.29, 1.82) is 0 Å². The van der Waals surface area contributed by atoms with Crippen molar-refractivity contribution < 1.29 is 0 Å². The summed E-state index contributed by atoms with van der Waals surface area (Å²) in [4.78, 5) is 2.31. The smallest absolute Gasteiger partial charge is 0.0271 e. The van der Waals surface area contributed by atoms with E-state index in [2.05, 4.69) is 44.6 Å². The molecule has 1 aliphatic carbocycles. The molecule has 1 N–H and O–H groups in total. The van der Waals surface area contributed by atoms with Crippen molar-refractivity contribution in [3.05, 3.63) is 12.3 Å². The minimum absolute atomic E-state index is 0.551. The molecule has 1 aliphatic rings. The van der Waals surface area contributed by atoms with Gasteiger partial charge in [0, 0.05) is 18.8 Å². The number of hydrogen-bond acceptors (Lipinski definition) is 2. The predicted molar refractivity (Wildman–Crippen MR) is 66.8 cm³/mol. The number of allylic oxidation sites excluding steroid dienone is 1. The van der Waals surface area contributed by atoms with Gasteiger partial charge in [0.05, 0.1) is 0 Å². The highest BCUT2D eigenvalue weighted by Gasteiger charge is 2.37. The Hall–Kier alpha value is -0.500. The SMILES string of the molecule is C=C(NCCN(C)CC)C1CC(C)(C)C1. The van der Waals surface area contributed by atoms with E-state index in [1.165, 1.54) is 18.5 Å². The molecule has 0 aromatic carbocycles. The van der Waals surface area contributed by atoms with Crippen molar-refractivity contribution in [3.8, 4) is 0 Å². The van der Waals surface area contributed by atoms with Gasteiger partial charge in [-0.2, -0.15) is 0 Å². The van der Waals surface area contributed by atoms with Crippen LogP contribution < -0.4 is 5.32 Å². The standard InChI is InChI=1S/C13H26N2/c1-6-15(5)8-7-14-11(2)12-9-13(3,4)10-12/h12,14H,2,6-10H2,1,3-5H3. The zero-order valence-electron chi connectivity index (χ0n) is 10.8. The molecule has 0 spiro atoms. The Kier molecular flexibility index (Phi) is 4.21. The second kappa shape index (κ2) is 5.02. The van der Waals surface area contributed by atoms with Gasteiger partial charge in [0.1, 0.15) is 0 Å². The van der Waals surface area contributed by atoms with Gasteiger partial charge in [0.2, 0.25) is 0 Å². The lowest BCUT2D eigenvalue weighted by molar-refractivity contribution is 0.118. The van der Waals surface area contributed by atoms with E-state index in [4.69, 9.17) is 0 Å². The number of hydrogen-bond donors (Lipinski definition) is 1. The van der Waals surface area contributed by atoms with Gasteiger partial charge < -0.3 is 10.2 Å². The van der Waals surface area contributed by atoms with Crippen LogP contribution in [-0.4, -0.2) is 31.6 Å². The molecule has 15 heavy (non-hydrogen) atoms. The molecular formula is C13H26N2. The third-order valence-electron chi connectivity index (χ3n) is 3.48. The number of nitrogens with zero attached hydrogens (tertiary/aromatic N) is 1. The third kappa shape index (κ3) is 3.86. The van der Waals surface area contributed by atoms with Crippen LogP contribution >= 0.6 is 0 Å². The molecule has 1 fully saturated rings. The second-order valence-corrected chi connectivity index (χ2v) is 5.62. The van der Waals surface area contributed by atoms with Gasteiger partial charge in [-0.15, -0.1) is 0 Å². The first-order valence-electron chi connectivity index (χ1n) is 6.06. The monoisotopic (exact) mass is 210 g/mol. The fourth-order valence-corrected chi connectivity index (χ4v) is 2.23. The summed E-state index contributed by atoms with van der Waals surface area (Å²) >= 11 is 0. The number of rotatable bonds is 6. The summed E-state index contributed by atoms with van der Waals surface area (Å²) in [5.41, 5.74) is 1.80. The molecule has 0 radical (unpaired) electrons. The predicted octanol–water partition coefficient (Wildman–Crippen LogP) is 2.48. The van der Waals surface area contributed by atoms with Crippen LogP contribution in [0.3, 0.4) is 0 Å². The van der Waals surface area contributed by atoms with Crippen LogP contribution in [0.15, 0.2) is 12.3 Å². The summed E-state index contributed by atoms with van der Waals surface area (Å²) in [7, 11) is 2.15. The molecular weight excluding hydrogens is 184 g/mol. The van der Waals surface area contributed by atoms with Crippen molar-refractivity contribution in [2.45, 2.75) is 33.6 Å². The molecule has 2 nitrogen and oxygen atoms in total. The third-order valence-corrected chi connectivity index (χ3v) is 3.48. The Balaban J connectivity index is 2.10. The van der Waals surface area contributed by atoms with E-state index in [0.29, 0.717) is 11.3 Å². The molecule has 0 bridgehead atoms. The molecule has 0 atom stereocenters. The second-order valence-electron chi connectivity index (χ2n) is 5.62. The molecule has 88 valence electrons. The first-order chi connectivity index (χ1) is 6.94. The maximum absolute atomic E-state index is 4.14. The van der Waals surface area contributed by atoms with E-state index in [0.717, 1.165) is 19.6 Å². The highest BCUT2D eigenvalue weighted by Crippen LogP contribution is 2.46. The lowest BCUT2D eigenvalue weighted by atomic mass is 9.63. The Bertz CT molecular complexity index is 213. The highest BCUT2D eigenvalue weighted by atomic mass is 15.1. The van der Waals surface area contributed by atoms with Crippen LogP contribution in [-0.2, 0) is 0 Å². The fourth-order valence-electron chi connectivity index (χ4n) is 2.23. The van der Waals surface area contributed by atoms with Gasteiger partial charge in [-0.3, -0.25) is 0 Å². The van der Waals surface area contributed by atoms with Crippen molar-refractivity contribution in [2.24, 2.45) is 11.3 Å². The summed E-state index contributed by atoms with van der Waals surface area (Å²) < 4.78 is 0. The summed E-state index contributed by atoms with van der Waals surface area (Å²) in [6, 6.07) is 0. The van der Waals surface area contributed by atoms with Crippen molar-refractivity contribution in [1.82, 2.24) is 10.2 Å². The van der Waals surface area contributed by atoms with Crippen molar-refractivity contribution >= 4 is 0 Å². The molecule has 0 heterocycles. The van der Waals surface area contributed by atoms with Gasteiger partial charge in [-0.05, 0) is 37.8 Å². The molecule has 0 aliphatic heterocycles. The maximum Gasteiger partial charge on any atom is 0.0271 e. The average Bonchev–Trinajstić information content (AvgIpc) is 2.13. The minimum atomic E-state index is 0.551. The molecule has 0 amide bonds. The van der Waals surface area contributed by atoms with E-state index in [9.17, 15) is 0 Å². The van der Waals surface area contributed by atoms with E-state index in [1.807, 2.05) is 0 Å². The van der Waals surface area contributed by atoms with Crippen LogP contribution in [0.25, 0.3) is 0 Å². The van der Waals surface area contributed by atoms with Gasteiger partial charge in [-0.25, -0.2) is 0 Å². The normalized spacial score (nSPS) is 20.1. The summed E-state index contributed by atoms with van der Waals surface area (Å²) in [6.45, 7) is 14.2. The van der Waals surface area contributed by atoms with Crippen LogP contribution in [0.4, 0.5) is 0 Å². The zero-order chi connectivity index (χ0) is 11.5. The average molecular weight is 210 g/mol. The lowest BCUT2D eigenvalue weighted by Crippen LogP contribution is -2.38. The first kappa shape index (κ1) is 12.6. The molecule has 2 heteroatoms. The summed E-state index contributed by atoms with van der Waals surface area (Å²) in [6.07, 6.45) is 2.59. The van der Waals surface area contributed by atoms with E-state index in [-0.39, 0.29) is 0 Å². The lowest BCUT2D eigenvalue weighted by Gasteiger charge is -2.43. The van der Waals surface area contributed by atoms with Gasteiger partial charge in [0.25, 0.3) is 0 Å². The maximum atomic E-state index is 4.14. The summed E-state index contributed by atoms with van der Waals surface area (Å²) in [5, 5.41) is 3.45. The zero-order valence-corrected chi connectivity index (χ0v) is 10.8. The molecule has 0 saturated heterocycles. The van der Waals surface area contributed by atoms with Crippen LogP contribution in [0.5, 0.6) is 0 Å². The Morgan fingerprint density at radius 2 is 2.07 bits per heavy atom. The highest BCUT2D eigenvalue weighted by molar-refractivity contribution is 5.06. The molecule has 1 rings (SSSR count). The van der Waals surface area contributed by atoms with Crippen molar-refractivity contribution in [2.75, 3.05) is 26.7 Å². The van der Waals surface area contributed by atoms with E-state index >= 15 is 0 Å². The first-order valence-corrected chi connectivity index (χ1v) is 6.06. The minimum Gasteiger partial charge on any atom is -0.387 e. The van der Waals surface area contributed by atoms with Crippen LogP contribution in [0.1, 0.15) is 33.6 Å². The van der Waals surface area contributed by atoms with Crippen LogP contribution in [0.2, 0.25) is 0 Å². The number of likely N-dealkylation sites (N-methyl/N-ethyl adjacent to an activating group) is 1. The Labute approximate surface area is 94.7 Å². The topological polar surface area (TPSA) is 15.3 Å². The van der Waals surface area contributed by atoms with Gasteiger partial charge in [-0.1, -0.05) is 27.4 Å². The van der Waals surface area contributed by atoms with Crippen LogP contribution in [0, 0.1) is 11.3 Å². The van der Waals surface area contributed by atoms with E-state index in [1.54, 1.807) is 0 Å². The van der Waals surface area contributed by atoms with Gasteiger partial charge >= 0.3 is 0 Å². The molecule has 0 aromatic heterocycles. The molecule has 0 unspecified atom stereocenters. The fraction of sp³-hybridized carbons (Fsp3) is 0.846.